The molecule has 1 aliphatic rings. The van der Waals surface area contributed by atoms with E-state index < -0.39 is 11.7 Å². The molecule has 4 aromatic rings. The zero-order valence-corrected chi connectivity index (χ0v) is 14.9. The third kappa shape index (κ3) is 2.07. The van der Waals surface area contributed by atoms with Crippen molar-refractivity contribution in [3.63, 3.8) is 0 Å². The van der Waals surface area contributed by atoms with E-state index in [1.165, 1.54) is 6.07 Å². The number of hydrogen-bond acceptors (Lipinski definition) is 2. The molecule has 1 aliphatic heterocycles. The number of halogens is 3. The lowest BCUT2D eigenvalue weighted by molar-refractivity contribution is -0.659. The zero-order valence-electron chi connectivity index (χ0n) is 14.9. The van der Waals surface area contributed by atoms with Gasteiger partial charge in [0.1, 0.15) is 24.1 Å². The van der Waals surface area contributed by atoms with E-state index >= 15 is 0 Å². The fourth-order valence-electron chi connectivity index (χ4n) is 4.02. The highest BCUT2D eigenvalue weighted by Crippen LogP contribution is 2.51. The van der Waals surface area contributed by atoms with Gasteiger partial charge in [0, 0.05) is 17.0 Å². The summed E-state index contributed by atoms with van der Waals surface area (Å²) in [5.74, 6) is 0.761. The summed E-state index contributed by atoms with van der Waals surface area (Å²) in [5.41, 5.74) is 3.46. The number of ether oxygens (including phenoxy) is 1. The maximum atomic E-state index is 13.4. The van der Waals surface area contributed by atoms with Crippen molar-refractivity contribution in [2.75, 3.05) is 0 Å². The number of rotatable bonds is 0. The van der Waals surface area contributed by atoms with Crippen molar-refractivity contribution in [3.05, 3.63) is 53.4 Å². The Bertz CT molecular complexity index is 1270. The SMILES string of the molecule is Cc1c2c(c(C)c3occc13)Oc1cc(C(F)(F)F)cc3cc[n+](C)c-2c13. The van der Waals surface area contributed by atoms with Gasteiger partial charge >= 0.3 is 6.18 Å². The number of nitrogens with zero attached hydrogens (tertiary/aromatic N) is 1. The predicted octanol–water partition coefficient (Wildman–Crippen LogP) is 5.82. The van der Waals surface area contributed by atoms with Gasteiger partial charge in [-0.2, -0.15) is 13.2 Å². The Morgan fingerprint density at radius 3 is 2.56 bits per heavy atom. The molecule has 0 fully saturated rings. The maximum Gasteiger partial charge on any atom is 0.416 e. The van der Waals surface area contributed by atoms with E-state index in [-0.39, 0.29) is 5.75 Å². The lowest BCUT2D eigenvalue weighted by Crippen LogP contribution is -2.32. The number of aryl methyl sites for hydroxylation is 3. The standard InChI is InChI=1S/C21H15F3NO2/c1-10-14-5-7-26-19(14)11(2)20-16(10)18-17-12(4-6-25(18)3)8-13(21(22,23)24)9-15(17)27-20/h4-9H,1-3H3/q+1. The Morgan fingerprint density at radius 1 is 1.04 bits per heavy atom. The van der Waals surface area contributed by atoms with Crippen LogP contribution in [0.1, 0.15) is 16.7 Å². The average Bonchev–Trinajstić information content (AvgIpc) is 3.11. The van der Waals surface area contributed by atoms with Gasteiger partial charge in [0.25, 0.3) is 0 Å². The molecule has 0 bridgehead atoms. The second kappa shape index (κ2) is 5.03. The highest BCUT2D eigenvalue weighted by Gasteiger charge is 2.36. The second-order valence-corrected chi connectivity index (χ2v) is 6.93. The summed E-state index contributed by atoms with van der Waals surface area (Å²) < 4.78 is 53.7. The average molecular weight is 370 g/mol. The number of aromatic nitrogens is 1. The maximum absolute atomic E-state index is 13.4. The van der Waals surface area contributed by atoms with Crippen molar-refractivity contribution in [1.82, 2.24) is 0 Å². The first kappa shape index (κ1) is 16.2. The number of benzene rings is 2. The van der Waals surface area contributed by atoms with E-state index in [2.05, 4.69) is 0 Å². The molecule has 0 spiro atoms. The van der Waals surface area contributed by atoms with Crippen LogP contribution in [-0.2, 0) is 13.2 Å². The molecule has 0 saturated heterocycles. The van der Waals surface area contributed by atoms with Gasteiger partial charge in [-0.05, 0) is 43.0 Å². The highest BCUT2D eigenvalue weighted by atomic mass is 19.4. The van der Waals surface area contributed by atoms with Gasteiger partial charge in [0.15, 0.2) is 6.20 Å². The smallest absolute Gasteiger partial charge is 0.416 e. The van der Waals surface area contributed by atoms with Crippen LogP contribution in [0.3, 0.4) is 0 Å². The quantitative estimate of drug-likeness (QED) is 0.321. The summed E-state index contributed by atoms with van der Waals surface area (Å²) in [7, 11) is 1.89. The minimum absolute atomic E-state index is 0.215. The Kier molecular flexibility index (Phi) is 3.01. The molecule has 3 nitrogen and oxygen atoms in total. The number of furan rings is 1. The van der Waals surface area contributed by atoms with E-state index in [0.29, 0.717) is 22.1 Å². The first-order chi connectivity index (χ1) is 12.8. The van der Waals surface area contributed by atoms with Crippen LogP contribution in [0.5, 0.6) is 11.5 Å². The highest BCUT2D eigenvalue weighted by molar-refractivity contribution is 6.05. The van der Waals surface area contributed by atoms with Gasteiger partial charge < -0.3 is 9.15 Å². The largest absolute Gasteiger partial charge is 0.464 e. The molecular formula is C21H15F3NO2+. The lowest BCUT2D eigenvalue weighted by Gasteiger charge is -2.23. The Hall–Kier alpha value is -3.02. The van der Waals surface area contributed by atoms with Gasteiger partial charge in [-0.3, -0.25) is 0 Å². The van der Waals surface area contributed by atoms with Crippen LogP contribution < -0.4 is 9.30 Å². The van der Waals surface area contributed by atoms with Crippen molar-refractivity contribution in [3.8, 4) is 22.8 Å². The summed E-state index contributed by atoms with van der Waals surface area (Å²) in [6.07, 6.45) is -1.04. The predicted molar refractivity (Wildman–Crippen MR) is 94.9 cm³/mol. The molecular weight excluding hydrogens is 355 g/mol. The van der Waals surface area contributed by atoms with Gasteiger partial charge in [-0.1, -0.05) is 0 Å². The van der Waals surface area contributed by atoms with E-state index in [1.807, 2.05) is 31.5 Å². The molecule has 0 radical (unpaired) electrons. The lowest BCUT2D eigenvalue weighted by atomic mass is 9.91. The van der Waals surface area contributed by atoms with Crippen LogP contribution in [0.25, 0.3) is 33.0 Å². The Balaban J connectivity index is 1.97. The molecule has 6 heteroatoms. The van der Waals surface area contributed by atoms with Gasteiger partial charge in [0.2, 0.25) is 5.69 Å². The molecule has 2 aromatic heterocycles. The van der Waals surface area contributed by atoms with E-state index in [1.54, 1.807) is 18.5 Å². The van der Waals surface area contributed by atoms with Gasteiger partial charge in [-0.15, -0.1) is 0 Å². The molecule has 2 aromatic carbocycles. The molecule has 0 unspecified atom stereocenters. The second-order valence-electron chi connectivity index (χ2n) is 6.93. The van der Waals surface area contributed by atoms with E-state index in [4.69, 9.17) is 9.15 Å². The summed E-state index contributed by atoms with van der Waals surface area (Å²) >= 11 is 0. The van der Waals surface area contributed by atoms with Crippen molar-refractivity contribution in [1.29, 1.82) is 0 Å². The van der Waals surface area contributed by atoms with Crippen LogP contribution in [0.2, 0.25) is 0 Å². The van der Waals surface area contributed by atoms with Gasteiger partial charge in [0.05, 0.1) is 22.8 Å². The van der Waals surface area contributed by atoms with Crippen molar-refractivity contribution in [2.24, 2.45) is 7.05 Å². The van der Waals surface area contributed by atoms with Crippen LogP contribution in [0, 0.1) is 13.8 Å². The van der Waals surface area contributed by atoms with Crippen LogP contribution >= 0.6 is 0 Å². The minimum atomic E-state index is -4.44. The molecule has 0 saturated carbocycles. The molecule has 0 aliphatic carbocycles. The summed E-state index contributed by atoms with van der Waals surface area (Å²) in [5, 5.41) is 2.16. The van der Waals surface area contributed by atoms with Crippen LogP contribution in [0.15, 0.2) is 41.1 Å². The topological polar surface area (TPSA) is 26.2 Å². The fourth-order valence-corrected chi connectivity index (χ4v) is 4.02. The summed E-state index contributed by atoms with van der Waals surface area (Å²) in [6, 6.07) is 5.84. The number of hydrogen-bond donors (Lipinski definition) is 0. The number of fused-ring (bicyclic) bond motifs is 3. The first-order valence-electron chi connectivity index (χ1n) is 8.49. The molecule has 27 heavy (non-hydrogen) atoms. The van der Waals surface area contributed by atoms with Crippen molar-refractivity contribution >= 4 is 21.7 Å². The van der Waals surface area contributed by atoms with Gasteiger partial charge in [-0.25, -0.2) is 4.57 Å². The third-order valence-corrected chi connectivity index (χ3v) is 5.33. The van der Waals surface area contributed by atoms with Crippen molar-refractivity contribution in [2.45, 2.75) is 20.0 Å². The Labute approximate surface area is 152 Å². The third-order valence-electron chi connectivity index (χ3n) is 5.33. The number of pyridine rings is 1. The molecule has 0 amide bonds. The van der Waals surface area contributed by atoms with E-state index in [9.17, 15) is 13.2 Å². The molecule has 0 atom stereocenters. The van der Waals surface area contributed by atoms with E-state index in [0.717, 1.165) is 33.8 Å². The fraction of sp³-hybridized carbons (Fsp3) is 0.190. The molecule has 3 heterocycles. The van der Waals surface area contributed by atoms with Crippen LogP contribution in [0.4, 0.5) is 13.2 Å². The summed E-state index contributed by atoms with van der Waals surface area (Å²) in [6.45, 7) is 3.84. The van der Waals surface area contributed by atoms with Crippen LogP contribution in [-0.4, -0.2) is 0 Å². The zero-order chi connectivity index (χ0) is 19.1. The number of alkyl halides is 3. The monoisotopic (exact) mass is 370 g/mol. The van der Waals surface area contributed by atoms with Crippen molar-refractivity contribution < 1.29 is 26.9 Å². The minimum Gasteiger partial charge on any atom is -0.464 e. The Morgan fingerprint density at radius 2 is 1.81 bits per heavy atom. The normalized spacial score (nSPS) is 13.1. The molecule has 136 valence electrons. The molecule has 0 N–H and O–H groups in total. The first-order valence-corrected chi connectivity index (χ1v) is 8.49. The summed E-state index contributed by atoms with van der Waals surface area (Å²) in [4.78, 5) is 0. The molecule has 5 rings (SSSR count).